The van der Waals surface area contributed by atoms with E-state index in [9.17, 15) is 26.4 Å². The van der Waals surface area contributed by atoms with E-state index in [1.165, 1.54) is 29.5 Å². The Kier molecular flexibility index (Phi) is 8.62. The van der Waals surface area contributed by atoms with Gasteiger partial charge in [-0.25, -0.2) is 4.98 Å². The Morgan fingerprint density at radius 1 is 1.17 bits per heavy atom. The van der Waals surface area contributed by atoms with E-state index in [1.807, 2.05) is 0 Å². The molecule has 4 heterocycles. The number of halogens is 3. The highest BCUT2D eigenvalue weighted by Crippen LogP contribution is 2.48. The second-order valence-corrected chi connectivity index (χ2v) is 15.2. The fraction of sp³-hybridized carbons (Fsp3) is 0.469. The molecule has 0 spiro atoms. The molecule has 2 N–H and O–H groups in total. The quantitative estimate of drug-likeness (QED) is 0.170. The maximum atomic E-state index is 13.2. The summed E-state index contributed by atoms with van der Waals surface area (Å²) in [6.45, 7) is 2.16. The van der Waals surface area contributed by atoms with Crippen LogP contribution in [0.5, 0.6) is 5.75 Å². The van der Waals surface area contributed by atoms with Crippen LogP contribution in [0.3, 0.4) is 0 Å². The van der Waals surface area contributed by atoms with Gasteiger partial charge in [-0.15, -0.1) is 13.2 Å². The van der Waals surface area contributed by atoms with Crippen LogP contribution >= 0.6 is 11.3 Å². The number of amides is 1. The van der Waals surface area contributed by atoms with Crippen molar-refractivity contribution in [2.45, 2.75) is 76.1 Å². The van der Waals surface area contributed by atoms with Gasteiger partial charge in [0.15, 0.2) is 5.13 Å². The molecule has 4 aromatic rings. The van der Waals surface area contributed by atoms with E-state index in [0.29, 0.717) is 28.5 Å². The smallest absolute Gasteiger partial charge is 0.405 e. The van der Waals surface area contributed by atoms with Gasteiger partial charge in [0.05, 0.1) is 28.7 Å². The number of nitrogens with one attached hydrogen (secondary N) is 1. The van der Waals surface area contributed by atoms with Gasteiger partial charge in [-0.2, -0.15) is 8.42 Å². The average Bonchev–Trinajstić information content (AvgIpc) is 3.57. The van der Waals surface area contributed by atoms with Gasteiger partial charge in [-0.3, -0.25) is 9.35 Å². The molecule has 2 aromatic carbocycles. The zero-order valence-corrected chi connectivity index (χ0v) is 27.4. The molecule has 11 nitrogen and oxygen atoms in total. The summed E-state index contributed by atoms with van der Waals surface area (Å²) in [7, 11) is -4.18. The van der Waals surface area contributed by atoms with Crippen molar-refractivity contribution < 1.29 is 44.9 Å². The lowest BCUT2D eigenvalue weighted by molar-refractivity contribution is -0.274. The van der Waals surface area contributed by atoms with E-state index in [-0.39, 0.29) is 48.6 Å². The van der Waals surface area contributed by atoms with Gasteiger partial charge in [-0.1, -0.05) is 35.5 Å². The first-order chi connectivity index (χ1) is 22.8. The van der Waals surface area contributed by atoms with Crippen molar-refractivity contribution in [2.75, 3.05) is 17.2 Å². The Balaban J connectivity index is 1.06. The Morgan fingerprint density at radius 3 is 2.69 bits per heavy atom. The van der Waals surface area contributed by atoms with Crippen molar-refractivity contribution >= 4 is 42.7 Å². The van der Waals surface area contributed by atoms with Crippen molar-refractivity contribution in [3.63, 3.8) is 0 Å². The normalized spacial score (nSPS) is 22.7. The molecule has 1 amide bonds. The Hall–Kier alpha value is -3.73. The fourth-order valence-electron chi connectivity index (χ4n) is 6.88. The maximum Gasteiger partial charge on any atom is 0.573 e. The van der Waals surface area contributed by atoms with Crippen molar-refractivity contribution in [1.29, 1.82) is 0 Å². The monoisotopic (exact) mass is 706 g/mol. The van der Waals surface area contributed by atoms with Crippen molar-refractivity contribution in [1.82, 2.24) is 15.5 Å². The number of hydrogen-bond donors (Lipinski definition) is 2. The predicted molar refractivity (Wildman–Crippen MR) is 171 cm³/mol. The van der Waals surface area contributed by atoms with Crippen LogP contribution in [0.4, 0.5) is 18.3 Å². The zero-order chi connectivity index (χ0) is 33.8. The van der Waals surface area contributed by atoms with Gasteiger partial charge in [0.2, 0.25) is 0 Å². The van der Waals surface area contributed by atoms with E-state index >= 15 is 0 Å². The van der Waals surface area contributed by atoms with E-state index in [0.717, 1.165) is 47.5 Å². The molecule has 2 unspecified atom stereocenters. The van der Waals surface area contributed by atoms with Crippen molar-refractivity contribution in [3.05, 3.63) is 59.4 Å². The summed E-state index contributed by atoms with van der Waals surface area (Å²) in [6, 6.07) is 11.4. The Bertz CT molecular complexity index is 1940. The van der Waals surface area contributed by atoms with E-state index in [2.05, 4.69) is 27.0 Å². The van der Waals surface area contributed by atoms with Gasteiger partial charge in [-0.05, 0) is 68.4 Å². The van der Waals surface area contributed by atoms with Gasteiger partial charge in [0.25, 0.3) is 16.0 Å². The second kappa shape index (κ2) is 12.6. The molecule has 2 aliphatic heterocycles. The number of carbonyl (C=O) groups excluding carboxylic acids is 1. The number of piperidine rings is 1. The number of ether oxygens (including phenoxy) is 2. The minimum Gasteiger partial charge on any atom is -0.405 e. The van der Waals surface area contributed by atoms with Crippen LogP contribution in [0.1, 0.15) is 66.6 Å². The van der Waals surface area contributed by atoms with E-state index in [4.69, 9.17) is 18.8 Å². The summed E-state index contributed by atoms with van der Waals surface area (Å²) in [5.41, 5.74) is 2.26. The maximum absolute atomic E-state index is 13.2. The lowest BCUT2D eigenvalue weighted by atomic mass is 9.97. The first kappa shape index (κ1) is 32.8. The third-order valence-electron chi connectivity index (χ3n) is 9.19. The van der Waals surface area contributed by atoms with Gasteiger partial charge < -0.3 is 24.2 Å². The number of thiazole rings is 1. The molecule has 48 heavy (non-hydrogen) atoms. The summed E-state index contributed by atoms with van der Waals surface area (Å²) in [5, 5.41) is 7.55. The lowest BCUT2D eigenvalue weighted by Gasteiger charge is -2.39. The molecule has 2 bridgehead atoms. The van der Waals surface area contributed by atoms with Crippen LogP contribution in [0.2, 0.25) is 0 Å². The Labute approximate surface area is 278 Å². The minimum atomic E-state index is -4.85. The van der Waals surface area contributed by atoms with Gasteiger partial charge >= 0.3 is 6.36 Å². The number of hydrogen-bond acceptors (Lipinski definition) is 10. The van der Waals surface area contributed by atoms with E-state index in [1.54, 1.807) is 24.3 Å². The summed E-state index contributed by atoms with van der Waals surface area (Å²) in [4.78, 5) is 19.8. The molecule has 16 heteroatoms. The van der Waals surface area contributed by atoms with Gasteiger partial charge in [0.1, 0.15) is 17.2 Å². The summed E-state index contributed by atoms with van der Waals surface area (Å²) in [5.74, 6) is -0.164. The molecule has 1 saturated carbocycles. The number of fused-ring (bicyclic) bond motifs is 3. The highest BCUT2D eigenvalue weighted by molar-refractivity contribution is 7.85. The molecular weight excluding hydrogens is 674 g/mol. The van der Waals surface area contributed by atoms with E-state index < -0.39 is 28.1 Å². The van der Waals surface area contributed by atoms with Crippen LogP contribution in [0.15, 0.2) is 47.0 Å². The SMILES string of the molecule is C[C@@H]1CC2C[C@H](OCc3c(-c4ccccc4OC(F)(F)F)noc3C3CC3)CC1N2c1nc2ccc(C(=O)NCCS(=O)(=O)O)cc2s1. The molecule has 7 rings (SSSR count). The molecular formula is C32H33F3N4O7S2. The minimum absolute atomic E-state index is 0.0925. The molecule has 4 atom stereocenters. The average molecular weight is 707 g/mol. The third kappa shape index (κ3) is 7.02. The summed E-state index contributed by atoms with van der Waals surface area (Å²) in [6.07, 6.45) is -0.669. The first-order valence-electron chi connectivity index (χ1n) is 15.7. The van der Waals surface area contributed by atoms with Crippen LogP contribution in [0.25, 0.3) is 21.5 Å². The first-order valence-corrected chi connectivity index (χ1v) is 18.1. The number of rotatable bonds is 11. The molecule has 3 aliphatic rings. The summed E-state index contributed by atoms with van der Waals surface area (Å²) >= 11 is 1.49. The number of para-hydroxylation sites is 1. The predicted octanol–water partition coefficient (Wildman–Crippen LogP) is 6.31. The van der Waals surface area contributed by atoms with Crippen molar-refractivity contribution in [3.8, 4) is 17.0 Å². The van der Waals surface area contributed by atoms with Crippen LogP contribution < -0.4 is 15.0 Å². The van der Waals surface area contributed by atoms with Crippen LogP contribution in [0, 0.1) is 5.92 Å². The molecule has 2 aromatic heterocycles. The number of carbonyl (C=O) groups is 1. The van der Waals surface area contributed by atoms with Gasteiger partial charge in [0, 0.05) is 41.2 Å². The highest BCUT2D eigenvalue weighted by Gasteiger charge is 2.47. The molecule has 0 radical (unpaired) electrons. The highest BCUT2D eigenvalue weighted by atomic mass is 32.2. The molecule has 256 valence electrons. The molecule has 2 saturated heterocycles. The number of anilines is 1. The van der Waals surface area contributed by atoms with Crippen molar-refractivity contribution in [2.24, 2.45) is 5.92 Å². The second-order valence-electron chi connectivity index (χ2n) is 12.7. The Morgan fingerprint density at radius 2 is 1.96 bits per heavy atom. The largest absolute Gasteiger partial charge is 0.573 e. The topological polar surface area (TPSA) is 144 Å². The number of alkyl halides is 3. The standard InChI is InChI=1S/C32H33F3N4O7S2/c1-17-12-20-14-21(44-16-23-28(38-46-29(23)18-6-7-18)22-4-2-3-5-26(22)45-32(33,34)35)15-25(17)39(20)31-37-24-9-8-19(13-27(24)47-31)30(40)36-10-11-48(41,42)43/h2-5,8-9,13,17-18,20-21,25H,6-7,10-12,14-16H2,1H3,(H,36,40)(H,41,42,43)/t17-,20?,21+,25?/m1/s1. The molecule has 3 fully saturated rings. The lowest BCUT2D eigenvalue weighted by Crippen LogP contribution is -2.46. The zero-order valence-electron chi connectivity index (χ0n) is 25.8. The number of nitrogens with zero attached hydrogens (tertiary/aromatic N) is 3. The number of benzene rings is 2. The number of aromatic nitrogens is 2. The fourth-order valence-corrected chi connectivity index (χ4v) is 8.37. The molecule has 1 aliphatic carbocycles. The van der Waals surface area contributed by atoms with Crippen LogP contribution in [-0.2, 0) is 21.5 Å². The summed E-state index contributed by atoms with van der Waals surface area (Å²) < 4.78 is 87.7. The third-order valence-corrected chi connectivity index (χ3v) is 10.9. The van der Waals surface area contributed by atoms with Crippen LogP contribution in [-0.4, -0.2) is 65.9 Å².